The first-order valence-corrected chi connectivity index (χ1v) is 9.35. The number of nitrogens with one attached hydrogen (secondary N) is 2. The number of hydrogen-bond donors (Lipinski definition) is 2. The van der Waals surface area contributed by atoms with E-state index >= 15 is 0 Å². The Balaban J connectivity index is 0.00000264. The fourth-order valence-electron chi connectivity index (χ4n) is 2.32. The zero-order valence-electron chi connectivity index (χ0n) is 12.8. The summed E-state index contributed by atoms with van der Waals surface area (Å²) in [5, 5.41) is 6.07. The number of hydrogen-bond acceptors (Lipinski definition) is 4. The van der Waals surface area contributed by atoms with Crippen LogP contribution in [0.1, 0.15) is 12.8 Å². The first-order chi connectivity index (χ1) is 10.4. The van der Waals surface area contributed by atoms with Crippen LogP contribution < -0.4 is 10.6 Å². The van der Waals surface area contributed by atoms with Crippen molar-refractivity contribution in [2.75, 3.05) is 26.7 Å². The molecule has 23 heavy (non-hydrogen) atoms. The predicted molar refractivity (Wildman–Crippen MR) is 95.2 cm³/mol. The summed E-state index contributed by atoms with van der Waals surface area (Å²) in [5.41, 5.74) is 0. The Hall–Kier alpha value is -0.670. The van der Waals surface area contributed by atoms with Crippen molar-refractivity contribution in [1.29, 1.82) is 0 Å². The SMILES string of the molecule is CN(CC(=O)N[C@H]1CCCNC1)S(=O)(=O)c1ccc(Br)cc1.Cl. The van der Waals surface area contributed by atoms with E-state index in [1.165, 1.54) is 19.2 Å². The number of benzene rings is 1. The van der Waals surface area contributed by atoms with Gasteiger partial charge in [-0.3, -0.25) is 4.79 Å². The second-order valence-electron chi connectivity index (χ2n) is 5.33. The maximum absolute atomic E-state index is 12.4. The van der Waals surface area contributed by atoms with Crippen molar-refractivity contribution in [3.8, 4) is 0 Å². The van der Waals surface area contributed by atoms with Gasteiger partial charge in [0.25, 0.3) is 0 Å². The van der Waals surface area contributed by atoms with Gasteiger partial charge in [-0.05, 0) is 43.7 Å². The van der Waals surface area contributed by atoms with Gasteiger partial charge in [-0.25, -0.2) is 8.42 Å². The molecule has 1 saturated heterocycles. The molecule has 1 heterocycles. The molecule has 0 radical (unpaired) electrons. The Morgan fingerprint density at radius 3 is 2.61 bits per heavy atom. The molecule has 0 saturated carbocycles. The highest BCUT2D eigenvalue weighted by atomic mass is 79.9. The average Bonchev–Trinajstić information content (AvgIpc) is 2.48. The minimum absolute atomic E-state index is 0. The van der Waals surface area contributed by atoms with Crippen molar-refractivity contribution in [3.63, 3.8) is 0 Å². The molecule has 1 aliphatic rings. The Morgan fingerprint density at radius 2 is 2.04 bits per heavy atom. The van der Waals surface area contributed by atoms with E-state index in [0.29, 0.717) is 0 Å². The summed E-state index contributed by atoms with van der Waals surface area (Å²) in [5.74, 6) is -0.281. The summed E-state index contributed by atoms with van der Waals surface area (Å²) in [4.78, 5) is 12.2. The second-order valence-corrected chi connectivity index (χ2v) is 8.29. The Bertz CT molecular complexity index is 619. The molecule has 1 amide bonds. The first-order valence-electron chi connectivity index (χ1n) is 7.11. The summed E-state index contributed by atoms with van der Waals surface area (Å²) < 4.78 is 26.7. The van der Waals surface area contributed by atoms with Crippen LogP contribution in [0.5, 0.6) is 0 Å². The molecule has 2 N–H and O–H groups in total. The molecule has 0 bridgehead atoms. The van der Waals surface area contributed by atoms with Gasteiger partial charge in [0.1, 0.15) is 0 Å². The van der Waals surface area contributed by atoms with Crippen molar-refractivity contribution in [2.24, 2.45) is 0 Å². The lowest BCUT2D eigenvalue weighted by atomic mass is 10.1. The summed E-state index contributed by atoms with van der Waals surface area (Å²) in [6.07, 6.45) is 1.93. The molecule has 1 aromatic rings. The summed E-state index contributed by atoms with van der Waals surface area (Å²) >= 11 is 3.27. The molecule has 1 fully saturated rings. The van der Waals surface area contributed by atoms with E-state index in [1.807, 2.05) is 0 Å². The topological polar surface area (TPSA) is 78.5 Å². The van der Waals surface area contributed by atoms with Crippen molar-refractivity contribution < 1.29 is 13.2 Å². The monoisotopic (exact) mass is 425 g/mol. The number of likely N-dealkylation sites (N-methyl/N-ethyl adjacent to an activating group) is 1. The largest absolute Gasteiger partial charge is 0.351 e. The van der Waals surface area contributed by atoms with Crippen LogP contribution in [0.4, 0.5) is 0 Å². The molecular formula is C14H21BrClN3O3S. The van der Waals surface area contributed by atoms with Crippen LogP contribution in [0.3, 0.4) is 0 Å². The average molecular weight is 427 g/mol. The Kier molecular flexibility index (Phi) is 7.96. The zero-order valence-corrected chi connectivity index (χ0v) is 16.0. The third kappa shape index (κ3) is 5.72. The third-order valence-corrected chi connectivity index (χ3v) is 5.90. The van der Waals surface area contributed by atoms with Crippen LogP contribution in [0.15, 0.2) is 33.6 Å². The summed E-state index contributed by atoms with van der Waals surface area (Å²) in [6, 6.07) is 6.42. The van der Waals surface area contributed by atoms with Crippen LogP contribution >= 0.6 is 28.3 Å². The normalized spacial score (nSPS) is 18.3. The van der Waals surface area contributed by atoms with Gasteiger partial charge >= 0.3 is 0 Å². The van der Waals surface area contributed by atoms with E-state index in [2.05, 4.69) is 26.6 Å². The van der Waals surface area contributed by atoms with Crippen LogP contribution in [0.25, 0.3) is 0 Å². The first kappa shape index (κ1) is 20.4. The van der Waals surface area contributed by atoms with E-state index < -0.39 is 10.0 Å². The maximum Gasteiger partial charge on any atom is 0.243 e. The van der Waals surface area contributed by atoms with E-state index in [-0.39, 0.29) is 35.8 Å². The number of sulfonamides is 1. The van der Waals surface area contributed by atoms with Crippen LogP contribution in [0.2, 0.25) is 0 Å². The van der Waals surface area contributed by atoms with Crippen LogP contribution in [-0.2, 0) is 14.8 Å². The lowest BCUT2D eigenvalue weighted by Gasteiger charge is -2.25. The van der Waals surface area contributed by atoms with Gasteiger partial charge in [-0.1, -0.05) is 15.9 Å². The fraction of sp³-hybridized carbons (Fsp3) is 0.500. The van der Waals surface area contributed by atoms with Crippen molar-refractivity contribution in [3.05, 3.63) is 28.7 Å². The standard InChI is InChI=1S/C14H20BrN3O3S.ClH/c1-18(10-14(19)17-12-3-2-8-16-9-12)22(20,21)13-6-4-11(15)5-7-13;/h4-7,12,16H,2-3,8-10H2,1H3,(H,17,19);1H/t12-;/m0./s1. The molecule has 0 spiro atoms. The third-order valence-electron chi connectivity index (χ3n) is 3.55. The smallest absolute Gasteiger partial charge is 0.243 e. The number of rotatable bonds is 5. The fourth-order valence-corrected chi connectivity index (χ4v) is 3.71. The molecule has 6 nitrogen and oxygen atoms in total. The number of halogens is 2. The van der Waals surface area contributed by atoms with Gasteiger partial charge < -0.3 is 10.6 Å². The zero-order chi connectivity index (χ0) is 16.2. The molecule has 1 atom stereocenters. The van der Waals surface area contributed by atoms with Crippen LogP contribution in [0, 0.1) is 0 Å². The van der Waals surface area contributed by atoms with Gasteiger partial charge in [-0.15, -0.1) is 12.4 Å². The van der Waals surface area contributed by atoms with Gasteiger partial charge in [0.2, 0.25) is 15.9 Å². The molecule has 130 valence electrons. The van der Waals surface area contributed by atoms with Gasteiger partial charge in [0, 0.05) is 24.1 Å². The lowest BCUT2D eigenvalue weighted by Crippen LogP contribution is -2.48. The van der Waals surface area contributed by atoms with E-state index in [1.54, 1.807) is 12.1 Å². The number of carbonyl (C=O) groups excluding carboxylic acids is 1. The number of carbonyl (C=O) groups is 1. The van der Waals surface area contributed by atoms with Crippen LogP contribution in [-0.4, -0.2) is 51.4 Å². The summed E-state index contributed by atoms with van der Waals surface area (Å²) in [7, 11) is -2.24. The van der Waals surface area contributed by atoms with Gasteiger partial charge in [-0.2, -0.15) is 4.31 Å². The molecule has 0 aromatic heterocycles. The quantitative estimate of drug-likeness (QED) is 0.745. The molecule has 9 heteroatoms. The molecular weight excluding hydrogens is 406 g/mol. The minimum atomic E-state index is -3.66. The van der Waals surface area contributed by atoms with Crippen molar-refractivity contribution >= 4 is 44.3 Å². The number of nitrogens with zero attached hydrogens (tertiary/aromatic N) is 1. The Morgan fingerprint density at radius 1 is 1.39 bits per heavy atom. The van der Waals surface area contributed by atoms with E-state index in [4.69, 9.17) is 0 Å². The Labute approximate surface area is 151 Å². The molecule has 0 unspecified atom stereocenters. The lowest BCUT2D eigenvalue weighted by molar-refractivity contribution is -0.121. The molecule has 0 aliphatic carbocycles. The van der Waals surface area contributed by atoms with Crippen molar-refractivity contribution in [2.45, 2.75) is 23.8 Å². The van der Waals surface area contributed by atoms with E-state index in [0.717, 1.165) is 34.7 Å². The highest BCUT2D eigenvalue weighted by molar-refractivity contribution is 9.10. The number of amides is 1. The highest BCUT2D eigenvalue weighted by Gasteiger charge is 2.24. The molecule has 1 aromatic carbocycles. The summed E-state index contributed by atoms with van der Waals surface area (Å²) in [6.45, 7) is 1.51. The molecule has 1 aliphatic heterocycles. The van der Waals surface area contributed by atoms with Gasteiger partial charge in [0.15, 0.2) is 0 Å². The predicted octanol–water partition coefficient (Wildman–Crippen LogP) is 1.36. The highest BCUT2D eigenvalue weighted by Crippen LogP contribution is 2.17. The second kappa shape index (κ2) is 8.98. The van der Waals surface area contributed by atoms with Gasteiger partial charge in [0.05, 0.1) is 11.4 Å². The minimum Gasteiger partial charge on any atom is -0.351 e. The van der Waals surface area contributed by atoms with E-state index in [9.17, 15) is 13.2 Å². The maximum atomic E-state index is 12.4. The molecule has 2 rings (SSSR count). The number of piperidine rings is 1. The van der Waals surface area contributed by atoms with Crippen molar-refractivity contribution in [1.82, 2.24) is 14.9 Å².